The number of hydrogen-bond acceptors (Lipinski definition) is 4. The number of piperidine rings is 1. The molecule has 1 aromatic rings. The monoisotopic (exact) mass is 440 g/mol. The first-order valence-electron chi connectivity index (χ1n) is 8.24. The van der Waals surface area contributed by atoms with Gasteiger partial charge in [-0.15, -0.1) is 0 Å². The van der Waals surface area contributed by atoms with Gasteiger partial charge in [-0.2, -0.15) is 0 Å². The molecule has 0 saturated carbocycles. The number of hydrogen-bond donors (Lipinski definition) is 2. The highest BCUT2D eigenvalue weighted by atomic mass is 79.9. The van der Waals surface area contributed by atoms with Gasteiger partial charge in [0.05, 0.1) is 17.7 Å². The van der Waals surface area contributed by atoms with Crippen molar-refractivity contribution in [3.05, 3.63) is 22.2 Å². The van der Waals surface area contributed by atoms with E-state index in [9.17, 15) is 0 Å². The van der Waals surface area contributed by atoms with E-state index in [0.29, 0.717) is 13.2 Å². The lowest BCUT2D eigenvalue weighted by molar-refractivity contribution is -0.00100. The van der Waals surface area contributed by atoms with Crippen molar-refractivity contribution in [3.8, 4) is 11.5 Å². The topological polar surface area (TPSA) is 42.5 Å². The Kier molecular flexibility index (Phi) is 13.0. The minimum Gasteiger partial charge on any atom is -1.00 e. The Bertz CT molecular complexity index is 472. The average molecular weight is 442 g/mol. The molecule has 0 aromatic heterocycles. The molecule has 140 valence electrons. The van der Waals surface area contributed by atoms with Crippen LogP contribution in [0.1, 0.15) is 32.3 Å². The van der Waals surface area contributed by atoms with Gasteiger partial charge in [-0.25, -0.2) is 0 Å². The standard InChI is InChI=1S/C17H27BrN2O2.2ClH/c1-3-21-16-10-14(9-15(18)17(16)22-4-2)12-20-11-13-5-7-19-8-6-13;;/h9-10,13,19-20H,3-8,11-12H2,1-2H3;2*1H/p-2. The quantitative estimate of drug-likeness (QED) is 0.462. The van der Waals surface area contributed by atoms with E-state index < -0.39 is 0 Å². The molecule has 7 heteroatoms. The van der Waals surface area contributed by atoms with Gasteiger partial charge >= 0.3 is 0 Å². The number of ether oxygens (including phenoxy) is 2. The smallest absolute Gasteiger partial charge is 0.175 e. The minimum atomic E-state index is 0. The maximum Gasteiger partial charge on any atom is 0.175 e. The third-order valence-corrected chi connectivity index (χ3v) is 4.47. The van der Waals surface area contributed by atoms with Crippen molar-refractivity contribution in [2.24, 2.45) is 5.92 Å². The summed E-state index contributed by atoms with van der Waals surface area (Å²) in [6.07, 6.45) is 2.54. The summed E-state index contributed by atoms with van der Waals surface area (Å²) >= 11 is 3.60. The van der Waals surface area contributed by atoms with E-state index >= 15 is 0 Å². The lowest BCUT2D eigenvalue weighted by Gasteiger charge is -2.23. The van der Waals surface area contributed by atoms with Crippen molar-refractivity contribution in [1.29, 1.82) is 0 Å². The zero-order valence-corrected chi connectivity index (χ0v) is 17.4. The first-order chi connectivity index (χ1) is 10.7. The fraction of sp³-hybridized carbons (Fsp3) is 0.647. The number of nitrogens with one attached hydrogen (secondary N) is 2. The Hall–Kier alpha value is -0.200. The lowest BCUT2D eigenvalue weighted by atomic mass is 9.98. The summed E-state index contributed by atoms with van der Waals surface area (Å²) in [4.78, 5) is 0. The molecule has 0 unspecified atom stereocenters. The molecule has 1 aliphatic rings. The molecule has 4 nitrogen and oxygen atoms in total. The summed E-state index contributed by atoms with van der Waals surface area (Å²) in [5.74, 6) is 2.41. The molecule has 0 atom stereocenters. The Labute approximate surface area is 166 Å². The van der Waals surface area contributed by atoms with Crippen molar-refractivity contribution in [3.63, 3.8) is 0 Å². The van der Waals surface area contributed by atoms with Crippen molar-refractivity contribution >= 4 is 15.9 Å². The zero-order valence-electron chi connectivity index (χ0n) is 14.3. The Balaban J connectivity index is 0.00000264. The molecule has 0 spiro atoms. The van der Waals surface area contributed by atoms with Crippen LogP contribution in [0.2, 0.25) is 0 Å². The Morgan fingerprint density at radius 1 is 1.12 bits per heavy atom. The van der Waals surface area contributed by atoms with Crippen LogP contribution in [-0.2, 0) is 6.54 Å². The van der Waals surface area contributed by atoms with Gasteiger partial charge in [0.15, 0.2) is 11.5 Å². The van der Waals surface area contributed by atoms with Crippen LogP contribution in [0.4, 0.5) is 0 Å². The summed E-state index contributed by atoms with van der Waals surface area (Å²) in [5, 5.41) is 6.98. The van der Waals surface area contributed by atoms with Crippen LogP contribution in [-0.4, -0.2) is 32.8 Å². The Morgan fingerprint density at radius 3 is 2.42 bits per heavy atom. The van der Waals surface area contributed by atoms with E-state index in [1.165, 1.54) is 18.4 Å². The predicted molar refractivity (Wildman–Crippen MR) is 93.8 cm³/mol. The van der Waals surface area contributed by atoms with Crippen molar-refractivity contribution < 1.29 is 34.3 Å². The van der Waals surface area contributed by atoms with Gasteiger partial charge < -0.3 is 44.9 Å². The molecule has 0 bridgehead atoms. The highest BCUT2D eigenvalue weighted by Gasteiger charge is 2.14. The summed E-state index contributed by atoms with van der Waals surface area (Å²) in [7, 11) is 0. The van der Waals surface area contributed by atoms with E-state index in [2.05, 4.69) is 38.7 Å². The second kappa shape index (κ2) is 13.1. The molecule has 1 aliphatic heterocycles. The first-order valence-corrected chi connectivity index (χ1v) is 9.03. The minimum absolute atomic E-state index is 0. The zero-order chi connectivity index (χ0) is 15.8. The van der Waals surface area contributed by atoms with Gasteiger partial charge in [0, 0.05) is 6.54 Å². The number of halogens is 3. The van der Waals surface area contributed by atoms with Crippen LogP contribution in [0.5, 0.6) is 11.5 Å². The van der Waals surface area contributed by atoms with Crippen molar-refractivity contribution in [1.82, 2.24) is 10.6 Å². The maximum atomic E-state index is 5.72. The van der Waals surface area contributed by atoms with E-state index in [1.54, 1.807) is 0 Å². The van der Waals surface area contributed by atoms with E-state index in [0.717, 1.165) is 48.1 Å². The van der Waals surface area contributed by atoms with Crippen LogP contribution in [0, 0.1) is 5.92 Å². The van der Waals surface area contributed by atoms with Gasteiger partial charge in [0.1, 0.15) is 0 Å². The molecule has 2 rings (SSSR count). The van der Waals surface area contributed by atoms with Crippen molar-refractivity contribution in [2.75, 3.05) is 32.8 Å². The second-order valence-corrected chi connectivity index (χ2v) is 6.45. The molecule has 0 aliphatic carbocycles. The van der Waals surface area contributed by atoms with Crippen LogP contribution in [0.15, 0.2) is 16.6 Å². The average Bonchev–Trinajstić information content (AvgIpc) is 2.52. The fourth-order valence-electron chi connectivity index (χ4n) is 2.78. The summed E-state index contributed by atoms with van der Waals surface area (Å²) in [6, 6.07) is 4.19. The van der Waals surface area contributed by atoms with Gasteiger partial charge in [0.2, 0.25) is 0 Å². The molecular weight excluding hydrogens is 415 g/mol. The third kappa shape index (κ3) is 7.36. The molecule has 0 radical (unpaired) electrons. The van der Waals surface area contributed by atoms with E-state index in [1.807, 2.05) is 13.8 Å². The molecule has 0 amide bonds. The highest BCUT2D eigenvalue weighted by Crippen LogP contribution is 2.36. The molecular formula is C17H27BrCl2N2O2-2. The normalized spacial score (nSPS) is 14.5. The summed E-state index contributed by atoms with van der Waals surface area (Å²) < 4.78 is 12.3. The molecule has 1 fully saturated rings. The Morgan fingerprint density at radius 2 is 1.79 bits per heavy atom. The van der Waals surface area contributed by atoms with Gasteiger partial charge in [-0.3, -0.25) is 0 Å². The molecule has 1 aromatic carbocycles. The van der Waals surface area contributed by atoms with Crippen molar-refractivity contribution in [2.45, 2.75) is 33.2 Å². The molecule has 24 heavy (non-hydrogen) atoms. The highest BCUT2D eigenvalue weighted by molar-refractivity contribution is 9.10. The van der Waals surface area contributed by atoms with Gasteiger partial charge in [-0.05, 0) is 85.9 Å². The third-order valence-electron chi connectivity index (χ3n) is 3.88. The molecule has 1 saturated heterocycles. The lowest BCUT2D eigenvalue weighted by Crippen LogP contribution is -3.00. The van der Waals surface area contributed by atoms with Crippen LogP contribution in [0.3, 0.4) is 0 Å². The molecule has 2 N–H and O–H groups in total. The number of rotatable bonds is 8. The van der Waals surface area contributed by atoms with Gasteiger partial charge in [-0.1, -0.05) is 0 Å². The van der Waals surface area contributed by atoms with Crippen LogP contribution in [0.25, 0.3) is 0 Å². The van der Waals surface area contributed by atoms with Crippen LogP contribution >= 0.6 is 15.9 Å². The SMILES string of the molecule is CCOc1cc(CNCC2CCNCC2)cc(Br)c1OCC.[Cl-].[Cl-]. The predicted octanol–water partition coefficient (Wildman–Crippen LogP) is -2.66. The first kappa shape index (κ1) is 23.8. The molecule has 1 heterocycles. The van der Waals surface area contributed by atoms with Crippen LogP contribution < -0.4 is 44.9 Å². The fourth-order valence-corrected chi connectivity index (χ4v) is 3.38. The summed E-state index contributed by atoms with van der Waals surface area (Å²) in [5.41, 5.74) is 1.22. The van der Waals surface area contributed by atoms with E-state index in [-0.39, 0.29) is 24.8 Å². The van der Waals surface area contributed by atoms with E-state index in [4.69, 9.17) is 9.47 Å². The summed E-state index contributed by atoms with van der Waals surface area (Å²) in [6.45, 7) is 9.48. The number of benzene rings is 1. The second-order valence-electron chi connectivity index (χ2n) is 5.60. The van der Waals surface area contributed by atoms with Gasteiger partial charge in [0.25, 0.3) is 0 Å². The maximum absolute atomic E-state index is 5.72. The largest absolute Gasteiger partial charge is 1.00 e.